The second-order valence-electron chi connectivity index (χ2n) is 4.35. The fourth-order valence-corrected chi connectivity index (χ4v) is 2.10. The summed E-state index contributed by atoms with van der Waals surface area (Å²) in [7, 11) is 0. The highest BCUT2D eigenvalue weighted by atomic mass is 15.6. The molecule has 2 rings (SSSR count). The van der Waals surface area contributed by atoms with E-state index < -0.39 is 0 Å². The number of nitrogens with two attached hydrogens (primary N) is 1. The Balaban J connectivity index is 1.89. The molecule has 0 radical (unpaired) electrons. The number of nitrogens with zero attached hydrogens (tertiary/aromatic N) is 4. The van der Waals surface area contributed by atoms with Crippen molar-refractivity contribution in [2.24, 2.45) is 11.8 Å². The Morgan fingerprint density at radius 1 is 1.36 bits per heavy atom. The van der Waals surface area contributed by atoms with E-state index in [0.29, 0.717) is 11.9 Å². The van der Waals surface area contributed by atoms with E-state index in [0.717, 1.165) is 12.5 Å². The zero-order valence-electron chi connectivity index (χ0n) is 8.56. The van der Waals surface area contributed by atoms with Crippen LogP contribution in [0.5, 0.6) is 0 Å². The van der Waals surface area contributed by atoms with E-state index >= 15 is 0 Å². The fraction of sp³-hybridized carbons (Fsp3) is 0.889. The molecule has 1 aromatic heterocycles. The molecule has 1 aliphatic rings. The fourth-order valence-electron chi connectivity index (χ4n) is 2.10. The number of nitrogen functional groups attached to an aromatic ring is 1. The number of hydrogen-bond acceptors (Lipinski definition) is 4. The first-order chi connectivity index (χ1) is 6.75. The number of hydrogen-bond donors (Lipinski definition) is 1. The van der Waals surface area contributed by atoms with E-state index in [9.17, 15) is 0 Å². The van der Waals surface area contributed by atoms with Crippen molar-refractivity contribution in [1.82, 2.24) is 20.2 Å². The number of rotatable bonds is 2. The molecule has 1 heterocycles. The van der Waals surface area contributed by atoms with E-state index in [1.54, 1.807) is 4.68 Å². The van der Waals surface area contributed by atoms with Crippen molar-refractivity contribution < 1.29 is 0 Å². The van der Waals surface area contributed by atoms with Crippen LogP contribution in [0.2, 0.25) is 0 Å². The van der Waals surface area contributed by atoms with Gasteiger partial charge in [0.2, 0.25) is 5.95 Å². The SMILES string of the molecule is CC1CCC(Cn2nnnc2N)CC1. The van der Waals surface area contributed by atoms with Gasteiger partial charge < -0.3 is 5.73 Å². The third-order valence-corrected chi connectivity index (χ3v) is 3.13. The molecule has 5 nitrogen and oxygen atoms in total. The van der Waals surface area contributed by atoms with Gasteiger partial charge in [-0.15, -0.1) is 0 Å². The first kappa shape index (κ1) is 9.43. The average molecular weight is 195 g/mol. The van der Waals surface area contributed by atoms with Gasteiger partial charge in [0.1, 0.15) is 0 Å². The molecular formula is C9H17N5. The summed E-state index contributed by atoms with van der Waals surface area (Å²) in [6, 6.07) is 0. The molecule has 5 heteroatoms. The van der Waals surface area contributed by atoms with Crippen LogP contribution in [0, 0.1) is 11.8 Å². The van der Waals surface area contributed by atoms with Gasteiger partial charge in [0, 0.05) is 6.54 Å². The Morgan fingerprint density at radius 3 is 2.64 bits per heavy atom. The first-order valence-electron chi connectivity index (χ1n) is 5.27. The number of aromatic nitrogens is 4. The van der Waals surface area contributed by atoms with Crippen molar-refractivity contribution in [2.45, 2.75) is 39.2 Å². The number of tetrazole rings is 1. The molecule has 1 saturated carbocycles. The minimum Gasteiger partial charge on any atom is -0.367 e. The molecule has 1 fully saturated rings. The van der Waals surface area contributed by atoms with Crippen LogP contribution >= 0.6 is 0 Å². The van der Waals surface area contributed by atoms with Crippen LogP contribution in [0.1, 0.15) is 32.6 Å². The highest BCUT2D eigenvalue weighted by Crippen LogP contribution is 2.29. The molecule has 0 atom stereocenters. The summed E-state index contributed by atoms with van der Waals surface area (Å²) >= 11 is 0. The van der Waals surface area contributed by atoms with Crippen molar-refractivity contribution in [3.63, 3.8) is 0 Å². The van der Waals surface area contributed by atoms with Crippen LogP contribution in [0.4, 0.5) is 5.95 Å². The van der Waals surface area contributed by atoms with Crippen LogP contribution in [0.25, 0.3) is 0 Å². The van der Waals surface area contributed by atoms with Crippen molar-refractivity contribution in [3.05, 3.63) is 0 Å². The van der Waals surface area contributed by atoms with Gasteiger partial charge in [-0.25, -0.2) is 4.68 Å². The lowest BCUT2D eigenvalue weighted by atomic mass is 9.83. The highest BCUT2D eigenvalue weighted by molar-refractivity contribution is 5.09. The average Bonchev–Trinajstić information content (AvgIpc) is 2.56. The number of anilines is 1. The second-order valence-corrected chi connectivity index (χ2v) is 4.35. The Bertz CT molecular complexity index is 287. The minimum absolute atomic E-state index is 0.434. The van der Waals surface area contributed by atoms with Gasteiger partial charge in [0.15, 0.2) is 0 Å². The van der Waals surface area contributed by atoms with E-state index in [1.807, 2.05) is 0 Å². The minimum atomic E-state index is 0.434. The Labute approximate surface area is 83.7 Å². The van der Waals surface area contributed by atoms with E-state index in [-0.39, 0.29) is 0 Å². The Kier molecular flexibility index (Phi) is 2.65. The lowest BCUT2D eigenvalue weighted by Crippen LogP contribution is -2.19. The maximum absolute atomic E-state index is 5.61. The lowest BCUT2D eigenvalue weighted by molar-refractivity contribution is 0.257. The molecule has 0 aromatic carbocycles. The molecule has 0 spiro atoms. The van der Waals surface area contributed by atoms with Crippen molar-refractivity contribution >= 4 is 5.95 Å². The van der Waals surface area contributed by atoms with Gasteiger partial charge in [-0.05, 0) is 35.1 Å². The van der Waals surface area contributed by atoms with Gasteiger partial charge in [0.25, 0.3) is 0 Å². The standard InChI is InChI=1S/C9H17N5/c1-7-2-4-8(5-3-7)6-14-9(10)11-12-13-14/h7-8H,2-6H2,1H3,(H2,10,11,13). The van der Waals surface area contributed by atoms with E-state index in [1.165, 1.54) is 25.7 Å². The zero-order valence-corrected chi connectivity index (χ0v) is 8.56. The Morgan fingerprint density at radius 2 is 2.07 bits per heavy atom. The summed E-state index contributed by atoms with van der Waals surface area (Å²) < 4.78 is 1.71. The quantitative estimate of drug-likeness (QED) is 0.766. The molecule has 0 aliphatic heterocycles. The van der Waals surface area contributed by atoms with Gasteiger partial charge >= 0.3 is 0 Å². The van der Waals surface area contributed by atoms with Gasteiger partial charge in [-0.1, -0.05) is 24.9 Å². The van der Waals surface area contributed by atoms with Crippen LogP contribution in [-0.2, 0) is 6.54 Å². The molecule has 2 N–H and O–H groups in total. The molecule has 1 aromatic rings. The second kappa shape index (κ2) is 3.94. The zero-order chi connectivity index (χ0) is 9.97. The molecule has 14 heavy (non-hydrogen) atoms. The van der Waals surface area contributed by atoms with Crippen LogP contribution < -0.4 is 5.73 Å². The summed E-state index contributed by atoms with van der Waals surface area (Å²) in [4.78, 5) is 0. The molecule has 0 saturated heterocycles. The molecule has 78 valence electrons. The third kappa shape index (κ3) is 2.02. The van der Waals surface area contributed by atoms with Crippen molar-refractivity contribution in [3.8, 4) is 0 Å². The summed E-state index contributed by atoms with van der Waals surface area (Å²) in [5.74, 6) is 2.03. The van der Waals surface area contributed by atoms with Crippen molar-refractivity contribution in [1.29, 1.82) is 0 Å². The topological polar surface area (TPSA) is 69.6 Å². The molecule has 0 amide bonds. The van der Waals surface area contributed by atoms with Crippen LogP contribution in [0.15, 0.2) is 0 Å². The van der Waals surface area contributed by atoms with Gasteiger partial charge in [-0.3, -0.25) is 0 Å². The van der Waals surface area contributed by atoms with Gasteiger partial charge in [-0.2, -0.15) is 0 Å². The maximum atomic E-state index is 5.61. The highest BCUT2D eigenvalue weighted by Gasteiger charge is 2.19. The van der Waals surface area contributed by atoms with Crippen molar-refractivity contribution in [2.75, 3.05) is 5.73 Å². The normalized spacial score (nSPS) is 27.8. The largest absolute Gasteiger partial charge is 0.367 e. The summed E-state index contributed by atoms with van der Waals surface area (Å²) in [5, 5.41) is 11.1. The summed E-state index contributed by atoms with van der Waals surface area (Å²) in [6.45, 7) is 3.20. The third-order valence-electron chi connectivity index (χ3n) is 3.13. The van der Waals surface area contributed by atoms with E-state index in [2.05, 4.69) is 22.4 Å². The lowest BCUT2D eigenvalue weighted by Gasteiger charge is -2.25. The molecule has 0 bridgehead atoms. The smallest absolute Gasteiger partial charge is 0.240 e. The van der Waals surface area contributed by atoms with E-state index in [4.69, 9.17) is 5.73 Å². The summed E-state index contributed by atoms with van der Waals surface area (Å²) in [5.41, 5.74) is 5.61. The molecular weight excluding hydrogens is 178 g/mol. The van der Waals surface area contributed by atoms with Gasteiger partial charge in [0.05, 0.1) is 0 Å². The van der Waals surface area contributed by atoms with Crippen LogP contribution in [0.3, 0.4) is 0 Å². The monoisotopic (exact) mass is 195 g/mol. The van der Waals surface area contributed by atoms with Crippen LogP contribution in [-0.4, -0.2) is 20.2 Å². The molecule has 0 unspecified atom stereocenters. The predicted octanol–water partition coefficient (Wildman–Crippen LogP) is 1.08. The summed E-state index contributed by atoms with van der Waals surface area (Å²) in [6.07, 6.45) is 5.21. The maximum Gasteiger partial charge on any atom is 0.240 e. The predicted molar refractivity (Wildman–Crippen MR) is 53.4 cm³/mol. The Hall–Kier alpha value is -1.13. The molecule has 1 aliphatic carbocycles. The first-order valence-corrected chi connectivity index (χ1v) is 5.27.